The molecule has 3 unspecified atom stereocenters. The van der Waals surface area contributed by atoms with E-state index in [1.807, 2.05) is 12.1 Å². The monoisotopic (exact) mass is 238 g/mol. The van der Waals surface area contributed by atoms with Crippen LogP contribution in [0.1, 0.15) is 32.3 Å². The van der Waals surface area contributed by atoms with Crippen LogP contribution in [-0.2, 0) is 0 Å². The first kappa shape index (κ1) is 11.8. The van der Waals surface area contributed by atoms with Crippen molar-refractivity contribution in [3.05, 3.63) is 29.8 Å². The highest BCUT2D eigenvalue weighted by molar-refractivity contribution is 6.21. The Bertz CT molecular complexity index is 362. The van der Waals surface area contributed by atoms with E-state index in [-0.39, 0.29) is 5.38 Å². The van der Waals surface area contributed by atoms with Crippen LogP contribution in [0.15, 0.2) is 24.3 Å². The van der Waals surface area contributed by atoms with Crippen molar-refractivity contribution in [2.24, 2.45) is 11.8 Å². The second kappa shape index (κ2) is 4.67. The molecular formula is C14H19ClO. The van der Waals surface area contributed by atoms with E-state index in [9.17, 15) is 0 Å². The predicted octanol–water partition coefficient (Wildman–Crippen LogP) is 4.06. The van der Waals surface area contributed by atoms with E-state index in [4.69, 9.17) is 16.3 Å². The zero-order valence-corrected chi connectivity index (χ0v) is 10.9. The summed E-state index contributed by atoms with van der Waals surface area (Å²) in [7, 11) is 0. The molecule has 1 nitrogen and oxygen atoms in total. The lowest BCUT2D eigenvalue weighted by molar-refractivity contribution is 0.195. The molecule has 1 aliphatic heterocycles. The van der Waals surface area contributed by atoms with Crippen LogP contribution in [0.4, 0.5) is 0 Å². The Morgan fingerprint density at radius 2 is 2.00 bits per heavy atom. The van der Waals surface area contributed by atoms with E-state index in [2.05, 4.69) is 32.9 Å². The predicted molar refractivity (Wildman–Crippen MR) is 68.3 cm³/mol. The van der Waals surface area contributed by atoms with Crippen molar-refractivity contribution in [3.8, 4) is 5.75 Å². The number of para-hydroxylation sites is 1. The van der Waals surface area contributed by atoms with Gasteiger partial charge in [-0.05, 0) is 23.5 Å². The minimum Gasteiger partial charge on any atom is -0.493 e. The molecule has 0 amide bonds. The smallest absolute Gasteiger partial charge is 0.122 e. The van der Waals surface area contributed by atoms with Crippen LogP contribution in [0.3, 0.4) is 0 Å². The normalized spacial score (nSPS) is 26.1. The molecule has 3 atom stereocenters. The molecule has 2 rings (SSSR count). The molecule has 2 heteroatoms. The summed E-state index contributed by atoms with van der Waals surface area (Å²) in [5, 5.41) is 0.181. The maximum Gasteiger partial charge on any atom is 0.122 e. The SMILES string of the molecule is CC(C)C(Cl)C1c2ccccc2OCC1C. The highest BCUT2D eigenvalue weighted by Gasteiger charge is 2.34. The molecule has 0 aromatic heterocycles. The zero-order chi connectivity index (χ0) is 11.7. The van der Waals surface area contributed by atoms with Crippen molar-refractivity contribution in [3.63, 3.8) is 0 Å². The van der Waals surface area contributed by atoms with Crippen molar-refractivity contribution >= 4 is 11.6 Å². The minimum absolute atomic E-state index is 0.181. The molecular weight excluding hydrogens is 220 g/mol. The molecule has 1 heterocycles. The van der Waals surface area contributed by atoms with Gasteiger partial charge in [0.15, 0.2) is 0 Å². The van der Waals surface area contributed by atoms with Gasteiger partial charge in [0.25, 0.3) is 0 Å². The van der Waals surface area contributed by atoms with E-state index < -0.39 is 0 Å². The minimum atomic E-state index is 0.181. The lowest BCUT2D eigenvalue weighted by atomic mass is 9.79. The van der Waals surface area contributed by atoms with Gasteiger partial charge in [0.05, 0.1) is 6.61 Å². The maximum atomic E-state index is 6.56. The summed E-state index contributed by atoms with van der Waals surface area (Å²) >= 11 is 6.56. The highest BCUT2D eigenvalue weighted by Crippen LogP contribution is 2.42. The van der Waals surface area contributed by atoms with Gasteiger partial charge in [-0.25, -0.2) is 0 Å². The lowest BCUT2D eigenvalue weighted by Crippen LogP contribution is -2.32. The van der Waals surface area contributed by atoms with Gasteiger partial charge in [-0.2, -0.15) is 0 Å². The summed E-state index contributed by atoms with van der Waals surface area (Å²) in [5.74, 6) is 2.39. The first-order valence-electron chi connectivity index (χ1n) is 5.97. The third-order valence-electron chi connectivity index (χ3n) is 3.37. The van der Waals surface area contributed by atoms with Gasteiger partial charge in [-0.15, -0.1) is 11.6 Å². The number of alkyl halides is 1. The summed E-state index contributed by atoms with van der Waals surface area (Å²) in [4.78, 5) is 0. The third kappa shape index (κ3) is 2.06. The Hall–Kier alpha value is -0.690. The summed E-state index contributed by atoms with van der Waals surface area (Å²) in [5.41, 5.74) is 1.27. The number of hydrogen-bond acceptors (Lipinski definition) is 1. The van der Waals surface area contributed by atoms with Gasteiger partial charge in [-0.1, -0.05) is 39.0 Å². The number of benzene rings is 1. The van der Waals surface area contributed by atoms with Crippen LogP contribution in [0, 0.1) is 11.8 Å². The lowest BCUT2D eigenvalue weighted by Gasteiger charge is -2.35. The summed E-state index contributed by atoms with van der Waals surface area (Å²) in [6, 6.07) is 8.27. The second-order valence-corrected chi connectivity index (χ2v) is 5.54. The Labute approximate surface area is 103 Å². The molecule has 1 aromatic carbocycles. The molecule has 16 heavy (non-hydrogen) atoms. The van der Waals surface area contributed by atoms with Crippen LogP contribution < -0.4 is 4.74 Å². The molecule has 0 N–H and O–H groups in total. The number of fused-ring (bicyclic) bond motifs is 1. The molecule has 1 aliphatic rings. The Morgan fingerprint density at radius 1 is 1.31 bits per heavy atom. The number of rotatable bonds is 2. The first-order valence-corrected chi connectivity index (χ1v) is 6.40. The van der Waals surface area contributed by atoms with Gasteiger partial charge in [0, 0.05) is 11.3 Å². The summed E-state index contributed by atoms with van der Waals surface area (Å²) in [6.45, 7) is 7.36. The van der Waals surface area contributed by atoms with Crippen molar-refractivity contribution in [2.75, 3.05) is 6.61 Å². The van der Waals surface area contributed by atoms with Crippen molar-refractivity contribution in [2.45, 2.75) is 32.1 Å². The molecule has 0 saturated carbocycles. The fraction of sp³-hybridized carbons (Fsp3) is 0.571. The van der Waals surface area contributed by atoms with Gasteiger partial charge in [-0.3, -0.25) is 0 Å². The Balaban J connectivity index is 2.36. The topological polar surface area (TPSA) is 9.23 Å². The molecule has 0 fully saturated rings. The van der Waals surface area contributed by atoms with Crippen molar-refractivity contribution < 1.29 is 4.74 Å². The van der Waals surface area contributed by atoms with Gasteiger partial charge in [0.1, 0.15) is 5.75 Å². The number of halogens is 1. The summed E-state index contributed by atoms with van der Waals surface area (Å²) < 4.78 is 5.74. The van der Waals surface area contributed by atoms with E-state index in [0.29, 0.717) is 17.8 Å². The standard InChI is InChI=1S/C14H19ClO/c1-9(2)14(15)13-10(3)8-16-12-7-5-4-6-11(12)13/h4-7,9-10,13-14H,8H2,1-3H3. The average Bonchev–Trinajstić information content (AvgIpc) is 2.28. The quantitative estimate of drug-likeness (QED) is 0.706. The largest absolute Gasteiger partial charge is 0.493 e. The van der Waals surface area contributed by atoms with E-state index in [1.165, 1.54) is 5.56 Å². The summed E-state index contributed by atoms with van der Waals surface area (Å²) in [6.07, 6.45) is 0. The molecule has 0 spiro atoms. The fourth-order valence-corrected chi connectivity index (χ4v) is 2.80. The van der Waals surface area contributed by atoms with Crippen LogP contribution in [0.5, 0.6) is 5.75 Å². The Morgan fingerprint density at radius 3 is 2.69 bits per heavy atom. The van der Waals surface area contributed by atoms with E-state index in [1.54, 1.807) is 0 Å². The fourth-order valence-electron chi connectivity index (χ4n) is 2.42. The van der Waals surface area contributed by atoms with Crippen LogP contribution in [-0.4, -0.2) is 12.0 Å². The molecule has 1 aromatic rings. The van der Waals surface area contributed by atoms with Crippen molar-refractivity contribution in [1.82, 2.24) is 0 Å². The second-order valence-electron chi connectivity index (χ2n) is 5.04. The molecule has 0 bridgehead atoms. The number of hydrogen-bond donors (Lipinski definition) is 0. The van der Waals surface area contributed by atoms with Crippen molar-refractivity contribution in [1.29, 1.82) is 0 Å². The number of ether oxygens (including phenoxy) is 1. The van der Waals surface area contributed by atoms with Crippen LogP contribution >= 0.6 is 11.6 Å². The van der Waals surface area contributed by atoms with E-state index >= 15 is 0 Å². The average molecular weight is 239 g/mol. The van der Waals surface area contributed by atoms with E-state index in [0.717, 1.165) is 12.4 Å². The van der Waals surface area contributed by atoms with Crippen LogP contribution in [0.2, 0.25) is 0 Å². The maximum absolute atomic E-state index is 6.56. The van der Waals surface area contributed by atoms with Gasteiger partial charge >= 0.3 is 0 Å². The zero-order valence-electron chi connectivity index (χ0n) is 10.1. The highest BCUT2D eigenvalue weighted by atomic mass is 35.5. The molecule has 0 radical (unpaired) electrons. The Kier molecular flexibility index (Phi) is 3.44. The third-order valence-corrected chi connectivity index (χ3v) is 4.15. The molecule has 0 saturated heterocycles. The molecule has 88 valence electrons. The molecule has 0 aliphatic carbocycles. The van der Waals surface area contributed by atoms with Crippen LogP contribution in [0.25, 0.3) is 0 Å². The van der Waals surface area contributed by atoms with Gasteiger partial charge < -0.3 is 4.74 Å². The first-order chi connectivity index (χ1) is 7.61. The van der Waals surface area contributed by atoms with Gasteiger partial charge in [0.2, 0.25) is 0 Å².